The standard InChI is InChI=1S/C19H20N4S.ClH/c1-2-5-15(6-3-1)17-14-24-19(22-17)13-23-10-9-21-12-18(23)16-7-4-8-20-11-16;/h1-8,11,14,18,21H,9-10,12-13H2;1H. The number of thiazole rings is 1. The second-order valence-electron chi connectivity index (χ2n) is 5.97. The Morgan fingerprint density at radius 2 is 2.04 bits per heavy atom. The molecule has 3 aromatic rings. The van der Waals surface area contributed by atoms with Crippen LogP contribution in [0.1, 0.15) is 16.6 Å². The highest BCUT2D eigenvalue weighted by Gasteiger charge is 2.24. The van der Waals surface area contributed by atoms with Crippen LogP contribution in [0.4, 0.5) is 0 Å². The summed E-state index contributed by atoms with van der Waals surface area (Å²) in [6.07, 6.45) is 3.80. The SMILES string of the molecule is Cl.c1ccc(-c2csc(CN3CCNCC3c3cccnc3)n2)cc1. The molecule has 0 aliphatic carbocycles. The van der Waals surface area contributed by atoms with Gasteiger partial charge < -0.3 is 5.32 Å². The molecule has 25 heavy (non-hydrogen) atoms. The molecular formula is C19H21ClN4S. The van der Waals surface area contributed by atoms with Gasteiger partial charge >= 0.3 is 0 Å². The van der Waals surface area contributed by atoms with E-state index >= 15 is 0 Å². The molecule has 1 aromatic carbocycles. The number of nitrogens with zero attached hydrogens (tertiary/aromatic N) is 3. The Kier molecular flexibility index (Phi) is 6.15. The molecule has 0 amide bonds. The van der Waals surface area contributed by atoms with Crippen LogP contribution in [-0.2, 0) is 6.54 Å². The zero-order valence-corrected chi connectivity index (χ0v) is 15.5. The van der Waals surface area contributed by atoms with Crippen LogP contribution in [0.5, 0.6) is 0 Å². The van der Waals surface area contributed by atoms with Crippen LogP contribution in [0.2, 0.25) is 0 Å². The zero-order chi connectivity index (χ0) is 16.2. The summed E-state index contributed by atoms with van der Waals surface area (Å²) in [5.74, 6) is 0. The highest BCUT2D eigenvalue weighted by Crippen LogP contribution is 2.27. The van der Waals surface area contributed by atoms with Gasteiger partial charge in [-0.3, -0.25) is 9.88 Å². The van der Waals surface area contributed by atoms with E-state index in [0.29, 0.717) is 6.04 Å². The summed E-state index contributed by atoms with van der Waals surface area (Å²) >= 11 is 1.75. The van der Waals surface area contributed by atoms with Crippen molar-refractivity contribution in [3.05, 3.63) is 70.8 Å². The third-order valence-corrected chi connectivity index (χ3v) is 5.22. The van der Waals surface area contributed by atoms with Gasteiger partial charge in [0.25, 0.3) is 0 Å². The molecule has 1 fully saturated rings. The maximum Gasteiger partial charge on any atom is 0.107 e. The third kappa shape index (κ3) is 4.25. The molecular weight excluding hydrogens is 352 g/mol. The van der Waals surface area contributed by atoms with Crippen LogP contribution < -0.4 is 5.32 Å². The van der Waals surface area contributed by atoms with Gasteiger partial charge in [-0.05, 0) is 11.6 Å². The van der Waals surface area contributed by atoms with Crippen molar-refractivity contribution in [2.75, 3.05) is 19.6 Å². The van der Waals surface area contributed by atoms with Crippen molar-refractivity contribution >= 4 is 23.7 Å². The number of nitrogens with one attached hydrogen (secondary N) is 1. The van der Waals surface area contributed by atoms with Crippen molar-refractivity contribution in [1.82, 2.24) is 20.2 Å². The first kappa shape index (κ1) is 18.0. The van der Waals surface area contributed by atoms with Crippen molar-refractivity contribution in [1.29, 1.82) is 0 Å². The number of benzene rings is 1. The van der Waals surface area contributed by atoms with Gasteiger partial charge in [0, 0.05) is 49.0 Å². The quantitative estimate of drug-likeness (QED) is 0.756. The minimum atomic E-state index is 0. The summed E-state index contributed by atoms with van der Waals surface area (Å²) in [6.45, 7) is 3.90. The maximum absolute atomic E-state index is 4.84. The largest absolute Gasteiger partial charge is 0.314 e. The first-order valence-corrected chi connectivity index (χ1v) is 9.12. The number of pyridine rings is 1. The molecule has 0 spiro atoms. The Balaban J connectivity index is 0.00000182. The molecule has 4 rings (SSSR count). The summed E-state index contributed by atoms with van der Waals surface area (Å²) in [5, 5.41) is 6.82. The van der Waals surface area contributed by atoms with E-state index in [0.717, 1.165) is 31.9 Å². The van der Waals surface area contributed by atoms with E-state index < -0.39 is 0 Å². The average Bonchev–Trinajstić information content (AvgIpc) is 3.12. The molecule has 1 N–H and O–H groups in total. The predicted molar refractivity (Wildman–Crippen MR) is 105 cm³/mol. The van der Waals surface area contributed by atoms with E-state index in [4.69, 9.17) is 4.98 Å². The van der Waals surface area contributed by atoms with E-state index in [-0.39, 0.29) is 12.4 Å². The van der Waals surface area contributed by atoms with E-state index in [1.807, 2.05) is 24.5 Å². The van der Waals surface area contributed by atoms with Crippen LogP contribution >= 0.6 is 23.7 Å². The molecule has 1 unspecified atom stereocenters. The van der Waals surface area contributed by atoms with Crippen molar-refractivity contribution in [3.63, 3.8) is 0 Å². The molecule has 2 aromatic heterocycles. The van der Waals surface area contributed by atoms with Crippen LogP contribution in [0, 0.1) is 0 Å². The molecule has 1 aliphatic rings. The highest BCUT2D eigenvalue weighted by atomic mass is 35.5. The smallest absolute Gasteiger partial charge is 0.107 e. The van der Waals surface area contributed by atoms with Gasteiger partial charge in [-0.1, -0.05) is 36.4 Å². The lowest BCUT2D eigenvalue weighted by molar-refractivity contribution is 0.153. The fraction of sp³-hybridized carbons (Fsp3) is 0.263. The third-order valence-electron chi connectivity index (χ3n) is 4.38. The Hall–Kier alpha value is -1.79. The first-order chi connectivity index (χ1) is 11.9. The number of rotatable bonds is 4. The minimum Gasteiger partial charge on any atom is -0.314 e. The van der Waals surface area contributed by atoms with Crippen molar-refractivity contribution in [2.45, 2.75) is 12.6 Å². The summed E-state index contributed by atoms with van der Waals surface area (Å²) < 4.78 is 0. The van der Waals surface area contributed by atoms with Crippen LogP contribution in [0.15, 0.2) is 60.2 Å². The lowest BCUT2D eigenvalue weighted by Gasteiger charge is -2.35. The minimum absolute atomic E-state index is 0. The van der Waals surface area contributed by atoms with Crippen LogP contribution in [-0.4, -0.2) is 34.5 Å². The van der Waals surface area contributed by atoms with E-state index in [9.17, 15) is 0 Å². The van der Waals surface area contributed by atoms with Gasteiger partial charge in [-0.15, -0.1) is 23.7 Å². The monoisotopic (exact) mass is 372 g/mol. The Morgan fingerprint density at radius 1 is 1.16 bits per heavy atom. The average molecular weight is 373 g/mol. The summed E-state index contributed by atoms with van der Waals surface area (Å²) in [6, 6.07) is 14.9. The molecule has 4 nitrogen and oxygen atoms in total. The zero-order valence-electron chi connectivity index (χ0n) is 13.8. The Labute approximate surface area is 158 Å². The topological polar surface area (TPSA) is 41.0 Å². The van der Waals surface area contributed by atoms with Gasteiger partial charge in [-0.25, -0.2) is 4.98 Å². The van der Waals surface area contributed by atoms with Gasteiger partial charge in [0.15, 0.2) is 0 Å². The number of piperazine rings is 1. The second-order valence-corrected chi connectivity index (χ2v) is 6.91. The lowest BCUT2D eigenvalue weighted by atomic mass is 10.1. The number of halogens is 1. The summed E-state index contributed by atoms with van der Waals surface area (Å²) in [7, 11) is 0. The van der Waals surface area contributed by atoms with Crippen molar-refractivity contribution in [2.24, 2.45) is 0 Å². The van der Waals surface area contributed by atoms with Crippen molar-refractivity contribution in [3.8, 4) is 11.3 Å². The molecule has 6 heteroatoms. The van der Waals surface area contributed by atoms with E-state index in [1.54, 1.807) is 11.3 Å². The lowest BCUT2D eigenvalue weighted by Crippen LogP contribution is -2.45. The molecule has 0 saturated carbocycles. The van der Waals surface area contributed by atoms with E-state index in [2.05, 4.69) is 50.9 Å². The molecule has 130 valence electrons. The predicted octanol–water partition coefficient (Wildman–Crippen LogP) is 3.77. The first-order valence-electron chi connectivity index (χ1n) is 8.25. The normalized spacial score (nSPS) is 17.8. The summed E-state index contributed by atoms with van der Waals surface area (Å²) in [4.78, 5) is 11.6. The molecule has 0 radical (unpaired) electrons. The Bertz CT molecular complexity index is 778. The molecule has 3 heterocycles. The van der Waals surface area contributed by atoms with Crippen molar-refractivity contribution < 1.29 is 0 Å². The van der Waals surface area contributed by atoms with Gasteiger partial charge in [0.2, 0.25) is 0 Å². The van der Waals surface area contributed by atoms with Crippen LogP contribution in [0.3, 0.4) is 0 Å². The summed E-state index contributed by atoms with van der Waals surface area (Å²) in [5.41, 5.74) is 3.53. The molecule has 1 atom stereocenters. The van der Waals surface area contributed by atoms with Gasteiger partial charge in [0.05, 0.1) is 12.2 Å². The number of hydrogen-bond donors (Lipinski definition) is 1. The fourth-order valence-corrected chi connectivity index (χ4v) is 3.96. The highest BCUT2D eigenvalue weighted by molar-refractivity contribution is 7.09. The van der Waals surface area contributed by atoms with Gasteiger partial charge in [-0.2, -0.15) is 0 Å². The Morgan fingerprint density at radius 3 is 2.84 bits per heavy atom. The number of hydrogen-bond acceptors (Lipinski definition) is 5. The maximum atomic E-state index is 4.84. The molecule has 1 aliphatic heterocycles. The van der Waals surface area contributed by atoms with E-state index in [1.165, 1.54) is 16.1 Å². The van der Waals surface area contributed by atoms with Crippen LogP contribution in [0.25, 0.3) is 11.3 Å². The number of aromatic nitrogens is 2. The molecule has 1 saturated heterocycles. The van der Waals surface area contributed by atoms with Gasteiger partial charge in [0.1, 0.15) is 5.01 Å². The molecule has 0 bridgehead atoms. The second kappa shape index (κ2) is 8.54. The fourth-order valence-electron chi connectivity index (χ4n) is 3.14.